The first kappa shape index (κ1) is 23.2. The van der Waals surface area contributed by atoms with Crippen LogP contribution in [0.25, 0.3) is 0 Å². The predicted molar refractivity (Wildman–Crippen MR) is 120 cm³/mol. The Morgan fingerprint density at radius 1 is 1.29 bits per heavy atom. The van der Waals surface area contributed by atoms with Crippen LogP contribution in [0, 0.1) is 24.6 Å². The second-order valence-electron chi connectivity index (χ2n) is 8.65. The van der Waals surface area contributed by atoms with E-state index in [2.05, 4.69) is 9.88 Å². The Morgan fingerprint density at radius 2 is 2.06 bits per heavy atom. The van der Waals surface area contributed by atoms with E-state index in [1.165, 1.54) is 12.3 Å². The number of ketones is 1. The Labute approximate surface area is 184 Å². The lowest BCUT2D eigenvalue weighted by Gasteiger charge is -2.32. The number of aryl methyl sites for hydroxylation is 1. The van der Waals surface area contributed by atoms with Crippen molar-refractivity contribution in [2.45, 2.75) is 46.0 Å². The van der Waals surface area contributed by atoms with Crippen LogP contribution in [0.5, 0.6) is 5.75 Å². The molecule has 2 aromatic rings. The number of Topliss-reactive ketones (excluding diaryl/α,β-unsaturated/α-hetero) is 1. The molecule has 1 aliphatic rings. The molecule has 31 heavy (non-hydrogen) atoms. The number of carbonyl (C=O) groups excluding carboxylic acids is 1. The van der Waals surface area contributed by atoms with Gasteiger partial charge in [-0.3, -0.25) is 4.79 Å². The van der Waals surface area contributed by atoms with Crippen LogP contribution in [-0.4, -0.2) is 42.2 Å². The minimum Gasteiger partial charge on any atom is -0.494 e. The van der Waals surface area contributed by atoms with Crippen molar-refractivity contribution in [2.24, 2.45) is 11.8 Å². The fraction of sp³-hybridized carbons (Fsp3) is 0.520. The van der Waals surface area contributed by atoms with Crippen molar-refractivity contribution in [3.05, 3.63) is 53.5 Å². The van der Waals surface area contributed by atoms with Gasteiger partial charge < -0.3 is 14.7 Å². The molecule has 0 radical (unpaired) electrons. The van der Waals surface area contributed by atoms with Gasteiger partial charge in [0.2, 0.25) is 0 Å². The molecule has 0 aliphatic carbocycles. The molecule has 168 valence electrons. The van der Waals surface area contributed by atoms with Crippen LogP contribution < -0.4 is 9.64 Å². The van der Waals surface area contributed by atoms with E-state index < -0.39 is 0 Å². The molecule has 1 N–H and O–H groups in total. The molecule has 2 heterocycles. The first-order valence-electron chi connectivity index (χ1n) is 11.2. The first-order chi connectivity index (χ1) is 15.0. The van der Waals surface area contributed by atoms with Gasteiger partial charge >= 0.3 is 0 Å². The summed E-state index contributed by atoms with van der Waals surface area (Å²) in [6.45, 7) is 6.38. The fourth-order valence-corrected chi connectivity index (χ4v) is 4.10. The number of rotatable bonds is 10. The third kappa shape index (κ3) is 6.76. The van der Waals surface area contributed by atoms with E-state index in [1.54, 1.807) is 6.07 Å². The molecule has 0 bridgehead atoms. The largest absolute Gasteiger partial charge is 0.494 e. The van der Waals surface area contributed by atoms with Gasteiger partial charge in [-0.15, -0.1) is 0 Å². The minimum atomic E-state index is -0.300. The number of aliphatic hydroxyl groups is 1. The number of aliphatic hydroxyl groups excluding tert-OH is 1. The number of halogens is 1. The SMILES string of the molecule is Cc1cc(OCCCC2CCN(c3ccc(F)cn3)CC2)ccc1C(=O)C[C@H](C)CO. The Bertz CT molecular complexity index is 848. The van der Waals surface area contributed by atoms with Gasteiger partial charge in [0, 0.05) is 31.7 Å². The second-order valence-corrected chi connectivity index (χ2v) is 8.65. The Kier molecular flexibility index (Phi) is 8.41. The van der Waals surface area contributed by atoms with Crippen molar-refractivity contribution in [3.63, 3.8) is 0 Å². The second kappa shape index (κ2) is 11.2. The van der Waals surface area contributed by atoms with Crippen molar-refractivity contribution in [2.75, 3.05) is 31.2 Å². The summed E-state index contributed by atoms with van der Waals surface area (Å²) in [5.74, 6) is 2.06. The number of pyridine rings is 1. The van der Waals surface area contributed by atoms with Gasteiger partial charge in [-0.1, -0.05) is 6.92 Å². The van der Waals surface area contributed by atoms with Crippen LogP contribution in [0.4, 0.5) is 10.2 Å². The predicted octanol–water partition coefficient (Wildman–Crippen LogP) is 4.81. The van der Waals surface area contributed by atoms with Gasteiger partial charge in [-0.2, -0.15) is 0 Å². The average Bonchev–Trinajstić information content (AvgIpc) is 2.77. The van der Waals surface area contributed by atoms with Crippen molar-refractivity contribution in [3.8, 4) is 5.75 Å². The highest BCUT2D eigenvalue weighted by Crippen LogP contribution is 2.25. The number of benzene rings is 1. The number of aromatic nitrogens is 1. The molecule has 1 saturated heterocycles. The lowest BCUT2D eigenvalue weighted by Crippen LogP contribution is -2.34. The maximum Gasteiger partial charge on any atom is 0.163 e. The van der Waals surface area contributed by atoms with Crippen molar-refractivity contribution in [1.29, 1.82) is 0 Å². The van der Waals surface area contributed by atoms with Crippen molar-refractivity contribution in [1.82, 2.24) is 4.98 Å². The topological polar surface area (TPSA) is 62.7 Å². The monoisotopic (exact) mass is 428 g/mol. The average molecular weight is 429 g/mol. The molecule has 6 heteroatoms. The Balaban J connectivity index is 1.38. The van der Waals surface area contributed by atoms with Gasteiger partial charge in [0.05, 0.1) is 12.8 Å². The lowest BCUT2D eigenvalue weighted by molar-refractivity contribution is 0.0943. The number of carbonyl (C=O) groups is 1. The summed E-state index contributed by atoms with van der Waals surface area (Å²) in [4.78, 5) is 18.7. The number of hydrogen-bond donors (Lipinski definition) is 1. The summed E-state index contributed by atoms with van der Waals surface area (Å²) in [5, 5.41) is 9.14. The molecule has 5 nitrogen and oxygen atoms in total. The molecule has 1 atom stereocenters. The number of hydrogen-bond acceptors (Lipinski definition) is 5. The van der Waals surface area contributed by atoms with E-state index in [1.807, 2.05) is 32.0 Å². The van der Waals surface area contributed by atoms with Crippen molar-refractivity contribution >= 4 is 11.6 Å². The highest BCUT2D eigenvalue weighted by molar-refractivity contribution is 5.97. The molecule has 1 aromatic carbocycles. The summed E-state index contributed by atoms with van der Waals surface area (Å²) in [6, 6.07) is 8.82. The Morgan fingerprint density at radius 3 is 2.71 bits per heavy atom. The zero-order valence-corrected chi connectivity index (χ0v) is 18.5. The van der Waals surface area contributed by atoms with E-state index in [4.69, 9.17) is 9.84 Å². The first-order valence-corrected chi connectivity index (χ1v) is 11.2. The van der Waals surface area contributed by atoms with Crippen LogP contribution in [0.1, 0.15) is 54.9 Å². The summed E-state index contributed by atoms with van der Waals surface area (Å²) in [5.41, 5.74) is 1.62. The highest BCUT2D eigenvalue weighted by Gasteiger charge is 2.20. The molecule has 1 aromatic heterocycles. The van der Waals surface area contributed by atoms with E-state index in [-0.39, 0.29) is 24.1 Å². The quantitative estimate of drug-likeness (QED) is 0.435. The van der Waals surface area contributed by atoms with E-state index >= 15 is 0 Å². The van der Waals surface area contributed by atoms with Crippen LogP contribution in [0.3, 0.4) is 0 Å². The molecule has 1 aliphatic heterocycles. The third-order valence-electron chi connectivity index (χ3n) is 6.02. The minimum absolute atomic E-state index is 0.0220. The van der Waals surface area contributed by atoms with Crippen molar-refractivity contribution < 1.29 is 19.0 Å². The van der Waals surface area contributed by atoms with E-state index in [0.29, 0.717) is 24.5 Å². The third-order valence-corrected chi connectivity index (χ3v) is 6.02. The van der Waals surface area contributed by atoms with Crippen LogP contribution in [0.15, 0.2) is 36.5 Å². The van der Waals surface area contributed by atoms with Gasteiger partial charge in [-0.25, -0.2) is 9.37 Å². The molecule has 0 amide bonds. The molecular formula is C25H33FN2O3. The van der Waals surface area contributed by atoms with Gasteiger partial charge in [0.25, 0.3) is 0 Å². The zero-order chi connectivity index (χ0) is 22.2. The highest BCUT2D eigenvalue weighted by atomic mass is 19.1. The standard InChI is InChI=1S/C25H33FN2O3/c1-18(17-29)14-24(30)23-7-6-22(15-19(23)2)31-13-3-4-20-9-11-28(12-10-20)25-8-5-21(26)16-27-25/h5-8,15-16,18,20,29H,3-4,9-14,17H2,1-2H3/t18-/m0/s1. The molecule has 1 fully saturated rings. The van der Waals surface area contributed by atoms with Crippen LogP contribution >= 0.6 is 0 Å². The molecule has 0 saturated carbocycles. The molecule has 3 rings (SSSR count). The van der Waals surface area contributed by atoms with Gasteiger partial charge in [0.15, 0.2) is 5.78 Å². The van der Waals surface area contributed by atoms with E-state index in [0.717, 1.165) is 55.9 Å². The number of anilines is 1. The smallest absolute Gasteiger partial charge is 0.163 e. The maximum absolute atomic E-state index is 13.0. The van der Waals surface area contributed by atoms with Gasteiger partial charge in [0.1, 0.15) is 17.4 Å². The summed E-state index contributed by atoms with van der Waals surface area (Å²) in [7, 11) is 0. The lowest BCUT2D eigenvalue weighted by atomic mass is 9.92. The van der Waals surface area contributed by atoms with Crippen LogP contribution in [-0.2, 0) is 0 Å². The fourth-order valence-electron chi connectivity index (χ4n) is 4.10. The maximum atomic E-state index is 13.0. The number of piperidine rings is 1. The number of ether oxygens (including phenoxy) is 1. The molecule has 0 spiro atoms. The van der Waals surface area contributed by atoms with Gasteiger partial charge in [-0.05, 0) is 80.3 Å². The summed E-state index contributed by atoms with van der Waals surface area (Å²) < 4.78 is 18.9. The number of nitrogens with zero attached hydrogens (tertiary/aromatic N) is 2. The molecular weight excluding hydrogens is 395 g/mol. The summed E-state index contributed by atoms with van der Waals surface area (Å²) in [6.07, 6.45) is 5.97. The zero-order valence-electron chi connectivity index (χ0n) is 18.5. The van der Waals surface area contributed by atoms with Crippen LogP contribution in [0.2, 0.25) is 0 Å². The normalized spacial score (nSPS) is 15.7. The van der Waals surface area contributed by atoms with E-state index in [9.17, 15) is 9.18 Å². The summed E-state index contributed by atoms with van der Waals surface area (Å²) >= 11 is 0. The molecule has 0 unspecified atom stereocenters. The Hall–Kier alpha value is -2.47.